The largest absolute Gasteiger partial charge is 0.319 e. The minimum Gasteiger partial charge on any atom is -0.294 e. The van der Waals surface area contributed by atoms with Crippen LogP contribution in [0.1, 0.15) is 66.4 Å². The fourth-order valence-electron chi connectivity index (χ4n) is 5.24. The molecule has 2 heterocycles. The summed E-state index contributed by atoms with van der Waals surface area (Å²) in [6, 6.07) is 6.07. The van der Waals surface area contributed by atoms with Gasteiger partial charge in [-0.05, 0) is 49.7 Å². The first-order valence-corrected chi connectivity index (χ1v) is 10.4. The molecule has 4 rings (SSSR count). The number of quaternary nitrogens is 1. The van der Waals surface area contributed by atoms with Gasteiger partial charge < -0.3 is 0 Å². The highest BCUT2D eigenvalue weighted by atomic mass is 16.2. The number of hydrogen-bond acceptors (Lipinski definition) is 3. The first kappa shape index (κ1) is 17.9. The van der Waals surface area contributed by atoms with Crippen LogP contribution >= 0.6 is 0 Å². The Balaban J connectivity index is 1.53. The number of hydrogen-bond donors (Lipinski definition) is 0. The first-order valence-electron chi connectivity index (χ1n) is 10.4. The zero-order valence-electron chi connectivity index (χ0n) is 16.0. The van der Waals surface area contributed by atoms with Gasteiger partial charge >= 0.3 is 5.91 Å². The molecule has 0 saturated carbocycles. The van der Waals surface area contributed by atoms with Crippen LogP contribution in [0.5, 0.6) is 0 Å². The second kappa shape index (κ2) is 7.24. The van der Waals surface area contributed by atoms with E-state index in [1.54, 1.807) is 0 Å². The lowest BCUT2D eigenvalue weighted by Crippen LogP contribution is -2.64. The lowest BCUT2D eigenvalue weighted by molar-refractivity contribution is -0.879. The number of nitrogens with zero attached hydrogens (tertiary/aromatic N) is 2. The zero-order valence-corrected chi connectivity index (χ0v) is 16.0. The van der Waals surface area contributed by atoms with E-state index in [1.807, 2.05) is 12.1 Å². The monoisotopic (exact) mass is 355 g/mol. The third kappa shape index (κ3) is 3.25. The van der Waals surface area contributed by atoms with Gasteiger partial charge in [0, 0.05) is 31.5 Å². The van der Waals surface area contributed by atoms with Crippen LogP contribution in [-0.2, 0) is 17.6 Å². The van der Waals surface area contributed by atoms with Crippen molar-refractivity contribution in [3.05, 3.63) is 34.9 Å². The summed E-state index contributed by atoms with van der Waals surface area (Å²) in [5, 5.41) is 0. The highest BCUT2D eigenvalue weighted by molar-refractivity contribution is 5.98. The van der Waals surface area contributed by atoms with Crippen LogP contribution in [0, 0.1) is 0 Å². The number of likely N-dealkylation sites (tertiary alicyclic amines) is 2. The molecule has 2 atom stereocenters. The summed E-state index contributed by atoms with van der Waals surface area (Å²) in [5.41, 5.74) is 3.10. The molecule has 2 aliphatic heterocycles. The number of Topliss-reactive ketones (excluding diaryl/α,β-unsaturated/α-hetero) is 1. The number of amides is 1. The molecule has 2 saturated heterocycles. The zero-order chi connectivity index (χ0) is 18.1. The number of carbonyl (C=O) groups is 2. The second-order valence-corrected chi connectivity index (χ2v) is 8.55. The maximum absolute atomic E-state index is 13.4. The predicted molar refractivity (Wildman–Crippen MR) is 102 cm³/mol. The van der Waals surface area contributed by atoms with Crippen molar-refractivity contribution < 1.29 is 14.1 Å². The molecule has 0 aromatic heterocycles. The molecule has 1 aliphatic carbocycles. The van der Waals surface area contributed by atoms with Crippen LogP contribution in [0.4, 0.5) is 0 Å². The van der Waals surface area contributed by atoms with Crippen molar-refractivity contribution in [2.45, 2.75) is 64.0 Å². The molecule has 1 aromatic carbocycles. The maximum Gasteiger partial charge on any atom is 0.319 e. The number of rotatable bonds is 3. The van der Waals surface area contributed by atoms with E-state index in [2.05, 4.69) is 18.0 Å². The van der Waals surface area contributed by atoms with Crippen LogP contribution in [-0.4, -0.2) is 53.9 Å². The molecular weight excluding hydrogens is 324 g/mol. The van der Waals surface area contributed by atoms with Gasteiger partial charge in [0.2, 0.25) is 0 Å². The summed E-state index contributed by atoms with van der Waals surface area (Å²) in [6.45, 7) is 3.25. The van der Waals surface area contributed by atoms with E-state index >= 15 is 0 Å². The molecule has 1 unspecified atom stereocenters. The number of likely N-dealkylation sites (N-methyl/N-ethyl adjacent to an activating group) is 1. The van der Waals surface area contributed by atoms with Gasteiger partial charge in [-0.3, -0.25) is 9.69 Å². The summed E-state index contributed by atoms with van der Waals surface area (Å²) in [5.74, 6) is 0.594. The first-order chi connectivity index (χ1) is 12.6. The molecule has 0 spiro atoms. The fraction of sp³-hybridized carbons (Fsp3) is 0.636. The van der Waals surface area contributed by atoms with Crippen molar-refractivity contribution in [2.24, 2.45) is 0 Å². The van der Waals surface area contributed by atoms with Crippen LogP contribution < -0.4 is 0 Å². The molecular formula is C22H31N2O2+. The Hall–Kier alpha value is -1.52. The van der Waals surface area contributed by atoms with Crippen LogP contribution in [0.3, 0.4) is 0 Å². The Morgan fingerprint density at radius 1 is 1.12 bits per heavy atom. The van der Waals surface area contributed by atoms with Crippen molar-refractivity contribution in [1.29, 1.82) is 0 Å². The van der Waals surface area contributed by atoms with E-state index in [0.29, 0.717) is 29.4 Å². The van der Waals surface area contributed by atoms with Gasteiger partial charge in [-0.25, -0.2) is 9.28 Å². The smallest absolute Gasteiger partial charge is 0.294 e. The Morgan fingerprint density at radius 2 is 1.92 bits per heavy atom. The summed E-state index contributed by atoms with van der Waals surface area (Å²) < 4.78 is 0.565. The predicted octanol–water partition coefficient (Wildman–Crippen LogP) is 3.33. The lowest BCUT2D eigenvalue weighted by Gasteiger charge is -2.46. The minimum atomic E-state index is 0.258. The van der Waals surface area contributed by atoms with Gasteiger partial charge in [0.15, 0.2) is 11.9 Å². The molecule has 26 heavy (non-hydrogen) atoms. The molecule has 1 aromatic rings. The van der Waals surface area contributed by atoms with Gasteiger partial charge in [0.25, 0.3) is 0 Å². The number of carbonyl (C=O) groups excluding carboxylic acids is 2. The highest BCUT2D eigenvalue weighted by Gasteiger charge is 2.45. The second-order valence-electron chi connectivity index (χ2n) is 8.55. The van der Waals surface area contributed by atoms with Gasteiger partial charge in [-0.1, -0.05) is 18.2 Å². The van der Waals surface area contributed by atoms with Crippen molar-refractivity contribution in [2.75, 3.05) is 26.7 Å². The fourth-order valence-corrected chi connectivity index (χ4v) is 5.24. The maximum atomic E-state index is 13.4. The van der Waals surface area contributed by atoms with Gasteiger partial charge in [0.1, 0.15) is 0 Å². The molecule has 0 bridgehead atoms. The normalized spacial score (nSPS) is 29.6. The molecule has 3 aliphatic rings. The average Bonchev–Trinajstić information content (AvgIpc) is 3.16. The van der Waals surface area contributed by atoms with E-state index in [0.717, 1.165) is 62.0 Å². The standard InChI is InChI=1S/C22H31N2O2/c1-24(14-5-2-9-21(24)23-12-3-4-13-23)22(26)16-17-10-11-19-18(15-17)7-6-8-20(19)25/h10-11,15,21H,2-9,12-14,16H2,1H3/q+1/t21-,24?/m0/s1. The summed E-state index contributed by atoms with van der Waals surface area (Å²) in [4.78, 5) is 28.0. The Morgan fingerprint density at radius 3 is 2.73 bits per heavy atom. The molecule has 4 nitrogen and oxygen atoms in total. The van der Waals surface area contributed by atoms with Crippen molar-refractivity contribution in [3.8, 4) is 0 Å². The summed E-state index contributed by atoms with van der Waals surface area (Å²) in [6.07, 6.45) is 9.47. The van der Waals surface area contributed by atoms with Gasteiger partial charge in [-0.2, -0.15) is 0 Å². The van der Waals surface area contributed by atoms with Crippen molar-refractivity contribution in [3.63, 3.8) is 0 Å². The van der Waals surface area contributed by atoms with Crippen LogP contribution in [0.25, 0.3) is 0 Å². The van der Waals surface area contributed by atoms with E-state index < -0.39 is 0 Å². The molecule has 140 valence electrons. The minimum absolute atomic E-state index is 0.258. The van der Waals surface area contributed by atoms with E-state index in [9.17, 15) is 9.59 Å². The topological polar surface area (TPSA) is 37.4 Å². The number of aryl methyl sites for hydroxylation is 1. The van der Waals surface area contributed by atoms with E-state index in [4.69, 9.17) is 0 Å². The quantitative estimate of drug-likeness (QED) is 0.781. The third-order valence-corrected chi connectivity index (χ3v) is 6.80. The summed E-state index contributed by atoms with van der Waals surface area (Å²) in [7, 11) is 2.16. The van der Waals surface area contributed by atoms with Crippen LogP contribution in [0.15, 0.2) is 18.2 Å². The van der Waals surface area contributed by atoms with Crippen molar-refractivity contribution >= 4 is 11.7 Å². The van der Waals surface area contributed by atoms with Crippen LogP contribution in [0.2, 0.25) is 0 Å². The molecule has 1 amide bonds. The number of benzene rings is 1. The third-order valence-electron chi connectivity index (χ3n) is 6.80. The lowest BCUT2D eigenvalue weighted by atomic mass is 9.89. The average molecular weight is 356 g/mol. The molecule has 4 heteroatoms. The molecule has 2 fully saturated rings. The van der Waals surface area contributed by atoms with Crippen molar-refractivity contribution in [1.82, 2.24) is 4.90 Å². The number of fused-ring (bicyclic) bond motifs is 1. The SMILES string of the molecule is C[N+]1(C(=O)Cc2ccc3c(c2)CCCC3=O)CCCC[C@H]1N1CCCC1. The van der Waals surface area contributed by atoms with E-state index in [1.165, 1.54) is 19.3 Å². The Labute approximate surface area is 156 Å². The number of piperidine rings is 1. The Kier molecular flexibility index (Phi) is 4.98. The van der Waals surface area contributed by atoms with Gasteiger partial charge in [0.05, 0.1) is 20.0 Å². The van der Waals surface area contributed by atoms with Gasteiger partial charge in [-0.15, -0.1) is 0 Å². The van der Waals surface area contributed by atoms with E-state index in [-0.39, 0.29) is 5.78 Å². The highest BCUT2D eigenvalue weighted by Crippen LogP contribution is 2.31. The number of ketones is 1. The Bertz CT molecular complexity index is 708. The summed E-state index contributed by atoms with van der Waals surface area (Å²) >= 11 is 0. The molecule has 0 N–H and O–H groups in total. The molecule has 0 radical (unpaired) electrons.